The first-order chi connectivity index (χ1) is 6.13. The Kier molecular flexibility index (Phi) is 4.50. The molecule has 0 bridgehead atoms. The van der Waals surface area contributed by atoms with Crippen molar-refractivity contribution in [1.29, 1.82) is 0 Å². The first kappa shape index (κ1) is 13.3. The highest BCUT2D eigenvalue weighted by molar-refractivity contribution is 5.01. The molecule has 14 heavy (non-hydrogen) atoms. The Labute approximate surface area is 84.4 Å². The fourth-order valence-electron chi connectivity index (χ4n) is 0.943. The van der Waals surface area contributed by atoms with Crippen LogP contribution in [0.2, 0.25) is 0 Å². The zero-order valence-electron chi connectivity index (χ0n) is 8.48. The predicted octanol–water partition coefficient (Wildman–Crippen LogP) is -4.29. The molecule has 0 unspecified atom stereocenters. The van der Waals surface area contributed by atoms with E-state index < -0.39 is 10.2 Å². The lowest BCUT2D eigenvalue weighted by molar-refractivity contribution is -2.00. The van der Waals surface area contributed by atoms with Crippen LogP contribution >= 0.6 is 0 Å². The highest BCUT2D eigenvalue weighted by Crippen LogP contribution is 1.97. The van der Waals surface area contributed by atoms with Crippen molar-refractivity contribution in [1.82, 2.24) is 4.57 Å². The van der Waals surface area contributed by atoms with Gasteiger partial charge in [-0.25, -0.2) is 27.8 Å². The van der Waals surface area contributed by atoms with E-state index in [1.54, 1.807) is 0 Å². The minimum absolute atomic E-state index is 1.33. The molecular formula is C7H13ClN2O4. The lowest BCUT2D eigenvalue weighted by atomic mass is 10.4. The molecule has 0 aromatic carbocycles. The molecule has 0 radical (unpaired) electrons. The van der Waals surface area contributed by atoms with Crippen LogP contribution in [0.1, 0.15) is 11.4 Å². The summed E-state index contributed by atoms with van der Waals surface area (Å²) >= 11 is 0. The van der Waals surface area contributed by atoms with Gasteiger partial charge in [-0.05, 0) is 0 Å². The Bertz CT molecular complexity index is 277. The zero-order valence-corrected chi connectivity index (χ0v) is 9.24. The molecule has 0 spiro atoms. The summed E-state index contributed by atoms with van der Waals surface area (Å²) in [4.78, 5) is 0. The van der Waals surface area contributed by atoms with Crippen LogP contribution in [0.15, 0.2) is 6.33 Å². The van der Waals surface area contributed by atoms with E-state index in [1.165, 1.54) is 11.4 Å². The molecule has 1 heterocycles. The summed E-state index contributed by atoms with van der Waals surface area (Å²) in [6, 6.07) is 0. The highest BCUT2D eigenvalue weighted by atomic mass is 35.7. The second kappa shape index (κ2) is 4.72. The van der Waals surface area contributed by atoms with E-state index in [-0.39, 0.29) is 0 Å². The third kappa shape index (κ3) is 5.15. The Balaban J connectivity index is 0.000000292. The lowest BCUT2D eigenvalue weighted by Gasteiger charge is -2.17. The number of imidazole rings is 1. The van der Waals surface area contributed by atoms with Crippen LogP contribution in [0.3, 0.4) is 0 Å². The van der Waals surface area contributed by atoms with E-state index in [4.69, 9.17) is 18.6 Å². The number of aromatic nitrogens is 2. The molecule has 0 N–H and O–H groups in total. The Morgan fingerprint density at radius 1 is 1.21 bits per heavy atom. The van der Waals surface area contributed by atoms with Gasteiger partial charge in [-0.15, -0.1) is 10.2 Å². The molecule has 0 atom stereocenters. The van der Waals surface area contributed by atoms with Crippen LogP contribution in [0, 0.1) is 24.1 Å². The van der Waals surface area contributed by atoms with Gasteiger partial charge in [0.2, 0.25) is 6.33 Å². The van der Waals surface area contributed by atoms with Gasteiger partial charge < -0.3 is 0 Å². The second-order valence-electron chi connectivity index (χ2n) is 2.89. The van der Waals surface area contributed by atoms with Crippen molar-refractivity contribution < 1.29 is 33.4 Å². The van der Waals surface area contributed by atoms with Crippen LogP contribution in [0.25, 0.3) is 0 Å². The molecule has 0 saturated carbocycles. The molecule has 1 aromatic rings. The van der Waals surface area contributed by atoms with Gasteiger partial charge in [-0.2, -0.15) is 0 Å². The molecule has 0 aliphatic rings. The quantitative estimate of drug-likeness (QED) is 0.416. The van der Waals surface area contributed by atoms with Crippen LogP contribution in [0.4, 0.5) is 0 Å². The highest BCUT2D eigenvalue weighted by Gasteiger charge is 2.07. The van der Waals surface area contributed by atoms with E-state index in [0.717, 1.165) is 0 Å². The molecule has 0 saturated heterocycles. The van der Waals surface area contributed by atoms with Crippen molar-refractivity contribution in [3.63, 3.8) is 0 Å². The number of hydrogen-bond donors (Lipinski definition) is 0. The number of rotatable bonds is 0. The molecular weight excluding hydrogens is 212 g/mol. The SMILES string of the molecule is Cc1c(C)[n+](C)cn1C.[O-][Cl+3]([O-])([O-])[O-]. The molecule has 0 aliphatic heterocycles. The summed E-state index contributed by atoms with van der Waals surface area (Å²) in [5, 5.41) is 0. The second-order valence-corrected chi connectivity index (χ2v) is 3.64. The molecule has 0 fully saturated rings. The smallest absolute Gasteiger partial charge is 0.237 e. The third-order valence-corrected chi connectivity index (χ3v) is 1.93. The largest absolute Gasteiger partial charge is 0.243 e. The molecule has 1 rings (SSSR count). The average molecular weight is 225 g/mol. The van der Waals surface area contributed by atoms with E-state index in [9.17, 15) is 0 Å². The van der Waals surface area contributed by atoms with Gasteiger partial charge in [0.25, 0.3) is 0 Å². The van der Waals surface area contributed by atoms with Crippen molar-refractivity contribution in [2.75, 3.05) is 0 Å². The molecule has 0 amide bonds. The van der Waals surface area contributed by atoms with Gasteiger partial charge >= 0.3 is 0 Å². The maximum absolute atomic E-state index is 8.49. The predicted molar refractivity (Wildman–Crippen MR) is 36.1 cm³/mol. The summed E-state index contributed by atoms with van der Waals surface area (Å²) in [5.74, 6) is 0. The standard InChI is InChI=1S/C7H13N2.ClHO4/c1-6-7(2)9(4)5-8(6)3;2-1(3,4)5/h5H,1-4H3;(H,2,3,4,5)/q+1;/p-1. The number of aryl methyl sites for hydroxylation is 2. The number of halogens is 1. The van der Waals surface area contributed by atoms with Crippen molar-refractivity contribution in [2.24, 2.45) is 14.1 Å². The zero-order chi connectivity index (χ0) is 11.5. The minimum Gasteiger partial charge on any atom is -0.237 e. The molecule has 1 aromatic heterocycles. The summed E-state index contributed by atoms with van der Waals surface area (Å²) < 4.78 is 38.2. The monoisotopic (exact) mass is 224 g/mol. The minimum atomic E-state index is -4.94. The topological polar surface area (TPSA) is 101 Å². The summed E-state index contributed by atoms with van der Waals surface area (Å²) in [6.07, 6.45) is 2.07. The molecule has 82 valence electrons. The van der Waals surface area contributed by atoms with E-state index >= 15 is 0 Å². The van der Waals surface area contributed by atoms with Crippen molar-refractivity contribution in [3.8, 4) is 0 Å². The van der Waals surface area contributed by atoms with Crippen molar-refractivity contribution in [3.05, 3.63) is 17.7 Å². The van der Waals surface area contributed by atoms with Crippen molar-refractivity contribution in [2.45, 2.75) is 13.8 Å². The van der Waals surface area contributed by atoms with Crippen LogP contribution < -0.4 is 23.2 Å². The third-order valence-electron chi connectivity index (χ3n) is 1.93. The maximum Gasteiger partial charge on any atom is 0.243 e. The number of hydrogen-bond acceptors (Lipinski definition) is 4. The van der Waals surface area contributed by atoms with Crippen LogP contribution in [-0.2, 0) is 14.1 Å². The summed E-state index contributed by atoms with van der Waals surface area (Å²) in [7, 11) is -0.829. The normalized spacial score (nSPS) is 10.9. The van der Waals surface area contributed by atoms with Gasteiger partial charge in [0.1, 0.15) is 11.4 Å². The van der Waals surface area contributed by atoms with E-state index in [1.807, 2.05) is 0 Å². The number of nitrogens with zero attached hydrogens (tertiary/aromatic N) is 2. The first-order valence-corrected chi connectivity index (χ1v) is 4.96. The average Bonchev–Trinajstić information content (AvgIpc) is 2.14. The molecule has 6 nitrogen and oxygen atoms in total. The Morgan fingerprint density at radius 3 is 1.64 bits per heavy atom. The first-order valence-electron chi connectivity index (χ1n) is 3.73. The Hall–Kier alpha value is -0.660. The fraction of sp³-hybridized carbons (Fsp3) is 0.571. The van der Waals surface area contributed by atoms with E-state index in [0.29, 0.717) is 0 Å². The van der Waals surface area contributed by atoms with Gasteiger partial charge in [-0.1, -0.05) is 0 Å². The maximum atomic E-state index is 8.49. The molecule has 0 aliphatic carbocycles. The van der Waals surface area contributed by atoms with Gasteiger partial charge in [0.05, 0.1) is 14.1 Å². The van der Waals surface area contributed by atoms with Crippen LogP contribution in [0.5, 0.6) is 0 Å². The van der Waals surface area contributed by atoms with Gasteiger partial charge in [0, 0.05) is 13.8 Å². The molecule has 7 heteroatoms. The summed E-state index contributed by atoms with van der Waals surface area (Å²) in [6.45, 7) is 4.24. The summed E-state index contributed by atoms with van der Waals surface area (Å²) in [5.41, 5.74) is 2.66. The van der Waals surface area contributed by atoms with Crippen LogP contribution in [-0.4, -0.2) is 4.57 Å². The lowest BCUT2D eigenvalue weighted by Crippen LogP contribution is -2.68. The van der Waals surface area contributed by atoms with E-state index in [2.05, 4.69) is 43.4 Å². The van der Waals surface area contributed by atoms with Gasteiger partial charge in [0.15, 0.2) is 0 Å². The Morgan fingerprint density at radius 2 is 1.57 bits per heavy atom. The van der Waals surface area contributed by atoms with Crippen molar-refractivity contribution >= 4 is 0 Å². The fourth-order valence-corrected chi connectivity index (χ4v) is 0.943. The van der Waals surface area contributed by atoms with Gasteiger partial charge in [-0.3, -0.25) is 0 Å².